The van der Waals surface area contributed by atoms with Crippen LogP contribution in [0.5, 0.6) is 0 Å². The Kier molecular flexibility index (Phi) is 22.7. The van der Waals surface area contributed by atoms with Gasteiger partial charge in [0.1, 0.15) is 36.6 Å². The minimum absolute atomic E-state index is 0.0131. The zero-order chi connectivity index (χ0) is 42.9. The fourth-order valence-electron chi connectivity index (χ4n) is 6.76. The predicted molar refractivity (Wildman–Crippen MR) is 208 cm³/mol. The van der Waals surface area contributed by atoms with Crippen molar-refractivity contribution in [3.05, 3.63) is 0 Å². The largest absolute Gasteiger partial charge is 0.472 e. The van der Waals surface area contributed by atoms with Crippen LogP contribution >= 0.6 is 27.4 Å². The van der Waals surface area contributed by atoms with E-state index < -0.39 is 75.6 Å². The number of thioether (sulfide) groups is 1. The number of methoxy groups -OCH3 is 2. The van der Waals surface area contributed by atoms with Crippen molar-refractivity contribution in [2.45, 2.75) is 132 Å². The molecule has 0 aliphatic carbocycles. The van der Waals surface area contributed by atoms with Crippen molar-refractivity contribution in [3.8, 4) is 0 Å². The van der Waals surface area contributed by atoms with Crippen LogP contribution in [0.4, 0.5) is 0 Å². The van der Waals surface area contributed by atoms with Gasteiger partial charge in [0.25, 0.3) is 0 Å². The van der Waals surface area contributed by atoms with Gasteiger partial charge in [0.15, 0.2) is 0 Å². The third-order valence-corrected chi connectivity index (χ3v) is 13.4. The molecule has 0 aromatic heterocycles. The number of imide groups is 1. The number of amides is 3. The number of aliphatic hydroxyl groups excluding tert-OH is 3. The first-order chi connectivity index (χ1) is 27.5. The minimum Gasteiger partial charge on any atom is -0.396 e. The summed E-state index contributed by atoms with van der Waals surface area (Å²) in [7, 11) is -6.06. The number of nitrogens with zero attached hydrogens (tertiary/aromatic N) is 1. The molecular weight excluding hydrogens is 830 g/mol. The van der Waals surface area contributed by atoms with Gasteiger partial charge in [0.2, 0.25) is 17.7 Å². The van der Waals surface area contributed by atoms with Gasteiger partial charge in [-0.3, -0.25) is 37.4 Å². The highest BCUT2D eigenvalue weighted by molar-refractivity contribution is 8.00. The Morgan fingerprint density at radius 1 is 0.897 bits per heavy atom. The molecule has 0 bridgehead atoms. The van der Waals surface area contributed by atoms with Crippen LogP contribution in [-0.4, -0.2) is 168 Å². The number of phosphoric acid groups is 2. The lowest BCUT2D eigenvalue weighted by molar-refractivity contribution is -0.138. The molecule has 58 heavy (non-hydrogen) atoms. The molecular formula is C35H64N2O18P2S. The molecule has 0 radical (unpaired) electrons. The van der Waals surface area contributed by atoms with Crippen molar-refractivity contribution in [1.82, 2.24) is 10.2 Å². The van der Waals surface area contributed by atoms with E-state index in [1.54, 1.807) is 13.8 Å². The molecule has 0 aromatic rings. The fraction of sp³-hybridized carbons (Fsp3) is 0.914. The van der Waals surface area contributed by atoms with Crippen molar-refractivity contribution < 1.29 is 85.7 Å². The number of hydrogen-bond donors (Lipinski definition) is 6. The van der Waals surface area contributed by atoms with E-state index in [4.69, 9.17) is 37.0 Å². The molecule has 6 unspecified atom stereocenters. The summed E-state index contributed by atoms with van der Waals surface area (Å²) in [6, 6.07) is 0. The Hall–Kier alpha value is -1.10. The average molecular weight is 895 g/mol. The zero-order valence-electron chi connectivity index (χ0n) is 33.8. The molecule has 23 heteroatoms. The van der Waals surface area contributed by atoms with E-state index in [2.05, 4.69) is 5.32 Å². The molecule has 0 spiro atoms. The van der Waals surface area contributed by atoms with E-state index in [9.17, 15) is 48.6 Å². The Labute approximate surface area is 344 Å². The smallest absolute Gasteiger partial charge is 0.396 e. The van der Waals surface area contributed by atoms with E-state index in [1.165, 1.54) is 30.9 Å². The SMILES string of the molecule is COC[C@H]1O[C@@H](C)[C@@H](O)C1OP(=O)(O)OCC(CO)CCCCNC(=O)CCCN1C(=O)CC(SCCCCCCOP(=O)(O)OC[C@H]2O[C@@H](C)[C@@H](O)C2OC)C1=O. The molecule has 6 N–H and O–H groups in total. The maximum absolute atomic E-state index is 12.9. The van der Waals surface area contributed by atoms with Crippen LogP contribution in [0.1, 0.15) is 78.1 Å². The monoisotopic (exact) mass is 894 g/mol. The number of aliphatic hydroxyl groups is 3. The molecule has 3 heterocycles. The fourth-order valence-corrected chi connectivity index (χ4v) is 9.75. The third-order valence-electron chi connectivity index (χ3n) is 10.1. The summed E-state index contributed by atoms with van der Waals surface area (Å²) in [6.07, 6.45) is -1.42. The topological polar surface area (TPSA) is 276 Å². The van der Waals surface area contributed by atoms with E-state index in [0.29, 0.717) is 44.4 Å². The molecule has 12 atom stereocenters. The summed E-state index contributed by atoms with van der Waals surface area (Å²) in [5.74, 6) is -0.548. The van der Waals surface area contributed by atoms with Gasteiger partial charge in [0.05, 0.1) is 43.9 Å². The van der Waals surface area contributed by atoms with Gasteiger partial charge in [-0.1, -0.05) is 19.3 Å². The summed E-state index contributed by atoms with van der Waals surface area (Å²) in [5, 5.41) is 32.4. The zero-order valence-corrected chi connectivity index (χ0v) is 36.4. The number of rotatable bonds is 30. The van der Waals surface area contributed by atoms with E-state index >= 15 is 0 Å². The average Bonchev–Trinajstić information content (AvgIpc) is 3.72. The minimum atomic E-state index is -4.58. The third kappa shape index (κ3) is 17.0. The Bertz CT molecular complexity index is 1370. The Morgan fingerprint density at radius 2 is 1.57 bits per heavy atom. The number of carbonyl (C=O) groups is 3. The number of carbonyl (C=O) groups excluding carboxylic acids is 3. The Balaban J connectivity index is 1.19. The number of likely N-dealkylation sites (tertiary alicyclic amines) is 1. The molecule has 0 saturated carbocycles. The first-order valence-electron chi connectivity index (χ1n) is 19.8. The second-order valence-electron chi connectivity index (χ2n) is 14.7. The second-order valence-corrected chi connectivity index (χ2v) is 18.9. The lowest BCUT2D eigenvalue weighted by Crippen LogP contribution is -2.36. The lowest BCUT2D eigenvalue weighted by atomic mass is 10.0. The summed E-state index contributed by atoms with van der Waals surface area (Å²) >= 11 is 1.42. The standard InChI is InChI=1S/C35H64N2O18P2S/c1-23-31(41)33(49-4)27(54-23)22-52-56(44,45)50-16-9-5-6-10-17-58-28-18-30(40)37(35(28)43)15-11-13-29(39)36-14-8-7-12-25(19-38)20-51-57(46,47)55-34-26(21-48-3)53-24(2)32(34)42/h23-28,31-34,38,41-42H,5-22H2,1-4H3,(H,36,39)(H,44,45)(H,46,47)/t23-,24-,25?,26+,27+,28?,31+,32+,33?,34?/m0/s1. The molecule has 3 aliphatic heterocycles. The molecule has 20 nitrogen and oxygen atoms in total. The molecule has 3 amide bonds. The summed E-state index contributed by atoms with van der Waals surface area (Å²) in [4.78, 5) is 59.1. The van der Waals surface area contributed by atoms with Crippen LogP contribution < -0.4 is 5.32 Å². The van der Waals surface area contributed by atoms with Crippen molar-refractivity contribution >= 4 is 45.1 Å². The normalized spacial score (nSPS) is 30.2. The molecule has 338 valence electrons. The number of ether oxygens (including phenoxy) is 4. The van der Waals surface area contributed by atoms with Gasteiger partial charge in [-0.05, 0) is 51.7 Å². The highest BCUT2D eigenvalue weighted by atomic mass is 32.2. The van der Waals surface area contributed by atoms with Crippen molar-refractivity contribution in [2.24, 2.45) is 5.92 Å². The van der Waals surface area contributed by atoms with Gasteiger partial charge in [-0.15, -0.1) is 11.8 Å². The number of unbranched alkanes of at least 4 members (excludes halogenated alkanes) is 4. The lowest BCUT2D eigenvalue weighted by Gasteiger charge is -2.24. The van der Waals surface area contributed by atoms with Crippen molar-refractivity contribution in [1.29, 1.82) is 0 Å². The highest BCUT2D eigenvalue weighted by Crippen LogP contribution is 2.48. The molecule has 3 saturated heterocycles. The highest BCUT2D eigenvalue weighted by Gasteiger charge is 2.46. The maximum Gasteiger partial charge on any atom is 0.472 e. The van der Waals surface area contributed by atoms with Gasteiger partial charge in [-0.25, -0.2) is 9.13 Å². The van der Waals surface area contributed by atoms with Crippen molar-refractivity contribution in [2.75, 3.05) is 66.1 Å². The molecule has 0 aromatic carbocycles. The van der Waals surface area contributed by atoms with Crippen molar-refractivity contribution in [3.63, 3.8) is 0 Å². The molecule has 3 aliphatic rings. The summed E-state index contributed by atoms with van der Waals surface area (Å²) in [6.45, 7) is 3.02. The first-order valence-corrected chi connectivity index (χ1v) is 23.9. The summed E-state index contributed by atoms with van der Waals surface area (Å²) < 4.78 is 66.4. The molecule has 3 rings (SSSR count). The quantitative estimate of drug-likeness (QED) is 0.0340. The van der Waals surface area contributed by atoms with Gasteiger partial charge in [-0.2, -0.15) is 0 Å². The maximum atomic E-state index is 12.9. The van der Waals surface area contributed by atoms with Gasteiger partial charge >= 0.3 is 15.6 Å². The summed E-state index contributed by atoms with van der Waals surface area (Å²) in [5.41, 5.74) is 0. The molecule has 3 fully saturated rings. The van der Waals surface area contributed by atoms with Crippen LogP contribution in [0.2, 0.25) is 0 Å². The van der Waals surface area contributed by atoms with Crippen LogP contribution in [0, 0.1) is 5.92 Å². The predicted octanol–water partition coefficient (Wildman–Crippen LogP) is 1.68. The van der Waals surface area contributed by atoms with Gasteiger partial charge < -0.3 is 49.4 Å². The van der Waals surface area contributed by atoms with E-state index in [0.717, 1.165) is 19.3 Å². The van der Waals surface area contributed by atoms with Gasteiger partial charge in [0, 0.05) is 52.7 Å². The number of nitrogens with one attached hydrogen (secondary N) is 1. The van der Waals surface area contributed by atoms with Crippen LogP contribution in [0.15, 0.2) is 0 Å². The Morgan fingerprint density at radius 3 is 2.24 bits per heavy atom. The first kappa shape index (κ1) is 51.3. The van der Waals surface area contributed by atoms with Crippen LogP contribution in [0.25, 0.3) is 0 Å². The second kappa shape index (κ2) is 25.7. The van der Waals surface area contributed by atoms with Crippen LogP contribution in [0.3, 0.4) is 0 Å². The number of hydrogen-bond acceptors (Lipinski definition) is 17. The van der Waals surface area contributed by atoms with Crippen LogP contribution in [-0.2, 0) is 60.6 Å². The van der Waals surface area contributed by atoms with E-state index in [1.807, 2.05) is 0 Å². The number of phosphoric ester groups is 2. The van der Waals surface area contributed by atoms with E-state index in [-0.39, 0.29) is 70.1 Å².